The van der Waals surface area contributed by atoms with Crippen LogP contribution in [0.5, 0.6) is 11.5 Å². The minimum atomic E-state index is -0.623. The van der Waals surface area contributed by atoms with E-state index in [9.17, 15) is 4.79 Å². The van der Waals surface area contributed by atoms with E-state index in [2.05, 4.69) is 15.3 Å². The van der Waals surface area contributed by atoms with Gasteiger partial charge in [0, 0.05) is 11.6 Å². The number of rotatable bonds is 4. The van der Waals surface area contributed by atoms with Crippen molar-refractivity contribution in [2.24, 2.45) is 5.10 Å². The number of benzene rings is 1. The first kappa shape index (κ1) is 13.8. The van der Waals surface area contributed by atoms with Crippen molar-refractivity contribution in [1.29, 1.82) is 0 Å². The normalized spacial score (nSPS) is 10.8. The third-order valence-electron chi connectivity index (χ3n) is 2.30. The Morgan fingerprint density at radius 3 is 2.50 bits per heavy atom. The molecule has 1 aromatic carbocycles. The predicted octanol–water partition coefficient (Wildman–Crippen LogP) is 1.78. The van der Waals surface area contributed by atoms with Crippen molar-refractivity contribution in [3.05, 3.63) is 23.8 Å². The summed E-state index contributed by atoms with van der Waals surface area (Å²) in [5.74, 6) is 1.30. The maximum atomic E-state index is 10.9. The summed E-state index contributed by atoms with van der Waals surface area (Å²) in [4.78, 5) is 10.9. The lowest BCUT2D eigenvalue weighted by Crippen LogP contribution is -2.18. The summed E-state index contributed by atoms with van der Waals surface area (Å²) >= 11 is 0. The van der Waals surface area contributed by atoms with Crippen molar-refractivity contribution in [2.75, 3.05) is 21.3 Å². The van der Waals surface area contributed by atoms with E-state index in [1.54, 1.807) is 39.3 Å². The van der Waals surface area contributed by atoms with Gasteiger partial charge in [0.05, 0.1) is 27.0 Å². The molecule has 6 nitrogen and oxygen atoms in total. The number of amides is 1. The molecule has 0 bridgehead atoms. The second-order valence-electron chi connectivity index (χ2n) is 3.37. The standard InChI is InChI=1S/C12H16N2O4/c1-8(13-14-12(15)18-4)10-6-5-9(16-2)7-11(10)17-3/h5-7H,1-4H3,(H,14,15)/b13-8+. The number of nitrogens with one attached hydrogen (secondary N) is 1. The molecule has 18 heavy (non-hydrogen) atoms. The van der Waals surface area contributed by atoms with Crippen LogP contribution in [-0.4, -0.2) is 33.1 Å². The van der Waals surface area contributed by atoms with Gasteiger partial charge in [0.15, 0.2) is 0 Å². The van der Waals surface area contributed by atoms with Crippen molar-refractivity contribution in [3.8, 4) is 11.5 Å². The monoisotopic (exact) mass is 252 g/mol. The molecule has 0 saturated carbocycles. The van der Waals surface area contributed by atoms with E-state index in [0.717, 1.165) is 5.56 Å². The van der Waals surface area contributed by atoms with Gasteiger partial charge >= 0.3 is 6.09 Å². The second-order valence-corrected chi connectivity index (χ2v) is 3.37. The predicted molar refractivity (Wildman–Crippen MR) is 67.3 cm³/mol. The number of hydrazone groups is 1. The zero-order valence-corrected chi connectivity index (χ0v) is 10.8. The quantitative estimate of drug-likeness (QED) is 0.655. The highest BCUT2D eigenvalue weighted by Gasteiger charge is 2.08. The van der Waals surface area contributed by atoms with Crippen molar-refractivity contribution in [2.45, 2.75) is 6.92 Å². The maximum Gasteiger partial charge on any atom is 0.427 e. The highest BCUT2D eigenvalue weighted by molar-refractivity contribution is 6.01. The van der Waals surface area contributed by atoms with Gasteiger partial charge in [-0.3, -0.25) is 0 Å². The molecule has 1 amide bonds. The van der Waals surface area contributed by atoms with Gasteiger partial charge in [0.25, 0.3) is 0 Å². The van der Waals surface area contributed by atoms with Crippen LogP contribution < -0.4 is 14.9 Å². The Bertz CT molecular complexity index is 457. The number of hydrogen-bond donors (Lipinski definition) is 1. The van der Waals surface area contributed by atoms with E-state index >= 15 is 0 Å². The van der Waals surface area contributed by atoms with Gasteiger partial charge in [-0.2, -0.15) is 5.10 Å². The molecule has 0 heterocycles. The van der Waals surface area contributed by atoms with Crippen molar-refractivity contribution >= 4 is 11.8 Å². The molecule has 0 aliphatic rings. The van der Waals surface area contributed by atoms with Crippen LogP contribution in [0.2, 0.25) is 0 Å². The molecule has 0 atom stereocenters. The van der Waals surface area contributed by atoms with E-state index in [-0.39, 0.29) is 0 Å². The smallest absolute Gasteiger partial charge is 0.427 e. The number of nitrogens with zero attached hydrogens (tertiary/aromatic N) is 1. The number of carbonyl (C=O) groups is 1. The molecular formula is C12H16N2O4. The number of methoxy groups -OCH3 is 3. The van der Waals surface area contributed by atoms with Crippen LogP contribution in [-0.2, 0) is 4.74 Å². The third-order valence-corrected chi connectivity index (χ3v) is 2.30. The Morgan fingerprint density at radius 2 is 1.94 bits per heavy atom. The molecular weight excluding hydrogens is 236 g/mol. The van der Waals surface area contributed by atoms with Crippen LogP contribution in [0.15, 0.2) is 23.3 Å². The molecule has 0 fully saturated rings. The Balaban J connectivity index is 2.97. The van der Waals surface area contributed by atoms with E-state index in [4.69, 9.17) is 9.47 Å². The molecule has 0 aliphatic heterocycles. The summed E-state index contributed by atoms with van der Waals surface area (Å²) in [6.45, 7) is 1.75. The highest BCUT2D eigenvalue weighted by Crippen LogP contribution is 2.24. The fourth-order valence-corrected chi connectivity index (χ4v) is 1.33. The molecule has 1 rings (SSSR count). The zero-order valence-electron chi connectivity index (χ0n) is 10.8. The van der Waals surface area contributed by atoms with Gasteiger partial charge < -0.3 is 14.2 Å². The maximum absolute atomic E-state index is 10.9. The van der Waals surface area contributed by atoms with E-state index in [1.807, 2.05) is 0 Å². The molecule has 1 aromatic rings. The third kappa shape index (κ3) is 3.38. The molecule has 0 saturated heterocycles. The summed E-state index contributed by atoms with van der Waals surface area (Å²) in [7, 11) is 4.40. The van der Waals surface area contributed by atoms with Crippen LogP contribution in [0, 0.1) is 0 Å². The van der Waals surface area contributed by atoms with Crippen molar-refractivity contribution in [3.63, 3.8) is 0 Å². The SMILES string of the molecule is COC(=O)N/N=C(\C)c1ccc(OC)cc1OC. The van der Waals surface area contributed by atoms with Gasteiger partial charge in [-0.1, -0.05) is 0 Å². The first-order valence-corrected chi connectivity index (χ1v) is 5.23. The fourth-order valence-electron chi connectivity index (χ4n) is 1.33. The Morgan fingerprint density at radius 1 is 1.22 bits per heavy atom. The molecule has 0 aromatic heterocycles. The zero-order chi connectivity index (χ0) is 13.5. The summed E-state index contributed by atoms with van der Waals surface area (Å²) < 4.78 is 14.8. The number of ether oxygens (including phenoxy) is 3. The lowest BCUT2D eigenvalue weighted by molar-refractivity contribution is 0.171. The molecule has 1 N–H and O–H groups in total. The lowest BCUT2D eigenvalue weighted by atomic mass is 10.1. The van der Waals surface area contributed by atoms with E-state index in [0.29, 0.717) is 17.2 Å². The first-order chi connectivity index (χ1) is 8.62. The van der Waals surface area contributed by atoms with Crippen molar-refractivity contribution in [1.82, 2.24) is 5.43 Å². The van der Waals surface area contributed by atoms with Gasteiger partial charge in [0.2, 0.25) is 0 Å². The van der Waals surface area contributed by atoms with Crippen LogP contribution in [0.4, 0.5) is 4.79 Å². The Kier molecular flexibility index (Phi) is 4.98. The molecule has 6 heteroatoms. The number of carbonyl (C=O) groups excluding carboxylic acids is 1. The molecule has 0 aliphatic carbocycles. The van der Waals surface area contributed by atoms with Gasteiger partial charge in [-0.05, 0) is 19.1 Å². The van der Waals surface area contributed by atoms with Crippen LogP contribution in [0.25, 0.3) is 0 Å². The molecule has 98 valence electrons. The van der Waals surface area contributed by atoms with E-state index in [1.165, 1.54) is 7.11 Å². The van der Waals surface area contributed by atoms with Gasteiger partial charge in [-0.15, -0.1) is 0 Å². The van der Waals surface area contributed by atoms with Gasteiger partial charge in [-0.25, -0.2) is 10.2 Å². The Labute approximate surface area is 106 Å². The second kappa shape index (κ2) is 6.48. The van der Waals surface area contributed by atoms with Crippen LogP contribution >= 0.6 is 0 Å². The molecule has 0 radical (unpaired) electrons. The van der Waals surface area contributed by atoms with Gasteiger partial charge in [0.1, 0.15) is 11.5 Å². The largest absolute Gasteiger partial charge is 0.497 e. The topological polar surface area (TPSA) is 69.2 Å². The average Bonchev–Trinajstić information content (AvgIpc) is 2.43. The Hall–Kier alpha value is -2.24. The lowest BCUT2D eigenvalue weighted by Gasteiger charge is -2.10. The summed E-state index contributed by atoms with van der Waals surface area (Å²) in [5, 5.41) is 3.90. The van der Waals surface area contributed by atoms with E-state index < -0.39 is 6.09 Å². The van der Waals surface area contributed by atoms with Crippen molar-refractivity contribution < 1.29 is 19.0 Å². The minimum absolute atomic E-state index is 0.597. The average molecular weight is 252 g/mol. The minimum Gasteiger partial charge on any atom is -0.497 e. The summed E-state index contributed by atoms with van der Waals surface area (Å²) in [5.41, 5.74) is 3.61. The fraction of sp³-hybridized carbons (Fsp3) is 0.333. The molecule has 0 spiro atoms. The molecule has 0 unspecified atom stereocenters. The summed E-state index contributed by atoms with van der Waals surface area (Å²) in [6.07, 6.45) is -0.623. The first-order valence-electron chi connectivity index (χ1n) is 5.23. The number of hydrogen-bond acceptors (Lipinski definition) is 5. The van der Waals surface area contributed by atoms with Crippen LogP contribution in [0.3, 0.4) is 0 Å². The summed E-state index contributed by atoms with van der Waals surface area (Å²) in [6, 6.07) is 5.33. The highest BCUT2D eigenvalue weighted by atomic mass is 16.5. The van der Waals surface area contributed by atoms with Crippen LogP contribution in [0.1, 0.15) is 12.5 Å².